The number of carbonyl (C=O) groups is 1. The molecule has 156 valence electrons. The first-order valence-corrected chi connectivity index (χ1v) is 11.5. The second kappa shape index (κ2) is 8.28. The molecular weight excluding hydrogens is 420 g/mol. The Labute approximate surface area is 182 Å². The first-order chi connectivity index (χ1) is 14.3. The van der Waals surface area contributed by atoms with Crippen LogP contribution < -0.4 is 5.32 Å². The molecule has 9 heteroatoms. The molecule has 0 radical (unpaired) electrons. The number of hydrogen-bond acceptors (Lipinski definition) is 8. The molecule has 0 fully saturated rings. The maximum atomic E-state index is 12.5. The van der Waals surface area contributed by atoms with E-state index in [1.807, 2.05) is 0 Å². The number of rotatable bonds is 5. The lowest BCUT2D eigenvalue weighted by molar-refractivity contribution is -0.113. The van der Waals surface area contributed by atoms with E-state index in [9.17, 15) is 10.1 Å². The number of thioether (sulfide) groups is 1. The van der Waals surface area contributed by atoms with Gasteiger partial charge in [0.25, 0.3) is 11.1 Å². The summed E-state index contributed by atoms with van der Waals surface area (Å²) in [6.07, 6.45) is 4.44. The molecule has 1 atom stereocenters. The van der Waals surface area contributed by atoms with Gasteiger partial charge < -0.3 is 14.2 Å². The van der Waals surface area contributed by atoms with Crippen LogP contribution in [-0.4, -0.2) is 21.9 Å². The van der Waals surface area contributed by atoms with Crippen molar-refractivity contribution in [2.24, 2.45) is 11.3 Å². The smallest absolute Gasteiger partial charge is 0.284 e. The number of fused-ring (bicyclic) bond motifs is 1. The average Bonchev–Trinajstić information content (AvgIpc) is 3.43. The van der Waals surface area contributed by atoms with E-state index in [4.69, 9.17) is 8.83 Å². The lowest BCUT2D eigenvalue weighted by Gasteiger charge is -2.33. The number of amides is 1. The van der Waals surface area contributed by atoms with Gasteiger partial charge >= 0.3 is 0 Å². The van der Waals surface area contributed by atoms with Gasteiger partial charge in [0.1, 0.15) is 11.1 Å². The maximum Gasteiger partial charge on any atom is 0.284 e. The van der Waals surface area contributed by atoms with Gasteiger partial charge in [0.05, 0.1) is 17.6 Å². The highest BCUT2D eigenvalue weighted by molar-refractivity contribution is 7.99. The van der Waals surface area contributed by atoms with E-state index < -0.39 is 0 Å². The summed E-state index contributed by atoms with van der Waals surface area (Å²) in [4.78, 5) is 13.7. The summed E-state index contributed by atoms with van der Waals surface area (Å²) in [7, 11) is 0. The highest BCUT2D eigenvalue weighted by atomic mass is 32.2. The summed E-state index contributed by atoms with van der Waals surface area (Å²) < 4.78 is 10.7. The number of nitrogens with one attached hydrogen (secondary N) is 1. The fraction of sp³-hybridized carbons (Fsp3) is 0.429. The quantitative estimate of drug-likeness (QED) is 0.545. The molecule has 1 aliphatic rings. The van der Waals surface area contributed by atoms with E-state index >= 15 is 0 Å². The van der Waals surface area contributed by atoms with E-state index in [1.54, 1.807) is 12.1 Å². The van der Waals surface area contributed by atoms with Crippen LogP contribution in [0.15, 0.2) is 32.5 Å². The van der Waals surface area contributed by atoms with Crippen molar-refractivity contribution >= 4 is 34.0 Å². The van der Waals surface area contributed by atoms with Crippen LogP contribution in [0.2, 0.25) is 0 Å². The predicted molar refractivity (Wildman–Crippen MR) is 115 cm³/mol. The van der Waals surface area contributed by atoms with Crippen LogP contribution in [0.4, 0.5) is 5.00 Å². The van der Waals surface area contributed by atoms with Crippen molar-refractivity contribution in [2.45, 2.75) is 45.3 Å². The molecule has 7 nitrogen and oxygen atoms in total. The van der Waals surface area contributed by atoms with Crippen LogP contribution in [0.3, 0.4) is 0 Å². The number of aromatic nitrogens is 2. The molecule has 0 saturated heterocycles. The highest BCUT2D eigenvalue weighted by Crippen LogP contribution is 2.44. The lowest BCUT2D eigenvalue weighted by atomic mass is 9.72. The molecule has 0 aliphatic heterocycles. The third-order valence-corrected chi connectivity index (χ3v) is 7.31. The predicted octanol–water partition coefficient (Wildman–Crippen LogP) is 5.14. The Morgan fingerprint density at radius 2 is 2.27 bits per heavy atom. The normalized spacial score (nSPS) is 16.1. The SMILES string of the molecule is CC(C)(C)[C@H]1CCc2c(sc(NC(=O)CSc3nnc(-c4ccco4)o3)c2C#N)C1. The Morgan fingerprint density at radius 3 is 2.97 bits per heavy atom. The molecule has 1 N–H and O–H groups in total. The minimum atomic E-state index is -0.208. The van der Waals surface area contributed by atoms with Gasteiger partial charge in [-0.15, -0.1) is 21.5 Å². The van der Waals surface area contributed by atoms with Gasteiger partial charge in [-0.1, -0.05) is 32.5 Å². The number of carbonyl (C=O) groups excluding carboxylic acids is 1. The van der Waals surface area contributed by atoms with Gasteiger partial charge in [-0.2, -0.15) is 5.26 Å². The minimum Gasteiger partial charge on any atom is -0.459 e. The van der Waals surface area contributed by atoms with Crippen molar-refractivity contribution in [3.8, 4) is 17.7 Å². The first-order valence-electron chi connectivity index (χ1n) is 9.70. The Morgan fingerprint density at radius 1 is 1.43 bits per heavy atom. The van der Waals surface area contributed by atoms with Crippen LogP contribution in [-0.2, 0) is 17.6 Å². The second-order valence-corrected chi connectivity index (χ2v) is 10.3. The Bertz CT molecular complexity index is 1090. The molecule has 0 bridgehead atoms. The molecule has 4 rings (SSSR count). The number of hydrogen-bond donors (Lipinski definition) is 1. The van der Waals surface area contributed by atoms with E-state index in [2.05, 4.69) is 42.4 Å². The van der Waals surface area contributed by atoms with E-state index in [0.717, 1.165) is 36.6 Å². The highest BCUT2D eigenvalue weighted by Gasteiger charge is 2.32. The minimum absolute atomic E-state index is 0.109. The van der Waals surface area contributed by atoms with Crippen molar-refractivity contribution in [2.75, 3.05) is 11.1 Å². The topological polar surface area (TPSA) is 105 Å². The van der Waals surface area contributed by atoms with Crippen LogP contribution in [0.1, 0.15) is 43.2 Å². The molecule has 0 saturated carbocycles. The molecule has 0 spiro atoms. The van der Waals surface area contributed by atoms with Gasteiger partial charge in [0.15, 0.2) is 5.76 Å². The molecule has 0 unspecified atom stereocenters. The van der Waals surface area contributed by atoms with Crippen LogP contribution in [0, 0.1) is 22.7 Å². The van der Waals surface area contributed by atoms with Gasteiger partial charge in [-0.25, -0.2) is 0 Å². The number of thiophene rings is 1. The van der Waals surface area contributed by atoms with Gasteiger partial charge in [0.2, 0.25) is 5.91 Å². The monoisotopic (exact) mass is 442 g/mol. The molecule has 1 aliphatic carbocycles. The van der Waals surface area contributed by atoms with Crippen molar-refractivity contribution in [3.05, 3.63) is 34.4 Å². The second-order valence-electron chi connectivity index (χ2n) is 8.31. The standard InChI is InChI=1S/C21H22N4O3S2/c1-21(2,3)12-6-7-13-14(10-22)19(30-16(13)9-12)23-17(26)11-29-20-25-24-18(28-20)15-5-4-8-27-15/h4-5,8,12H,6-7,9,11H2,1-3H3,(H,23,26)/t12-/m0/s1. The fourth-order valence-corrected chi connectivity index (χ4v) is 5.45. The third-order valence-electron chi connectivity index (χ3n) is 5.32. The van der Waals surface area contributed by atoms with E-state index in [-0.39, 0.29) is 28.2 Å². The number of anilines is 1. The third kappa shape index (κ3) is 4.30. The largest absolute Gasteiger partial charge is 0.459 e. The molecule has 1 amide bonds. The summed E-state index contributed by atoms with van der Waals surface area (Å²) in [6, 6.07) is 5.75. The number of nitrogens with zero attached hydrogens (tertiary/aromatic N) is 3. The summed E-state index contributed by atoms with van der Waals surface area (Å²) >= 11 is 2.68. The molecule has 3 heterocycles. The lowest BCUT2D eigenvalue weighted by Crippen LogP contribution is -2.26. The number of furan rings is 1. The van der Waals surface area contributed by atoms with Crippen molar-refractivity contribution < 1.29 is 13.6 Å². The molecular formula is C21H22N4O3S2. The Balaban J connectivity index is 1.40. The zero-order valence-electron chi connectivity index (χ0n) is 17.0. The van der Waals surface area contributed by atoms with Crippen LogP contribution in [0.25, 0.3) is 11.7 Å². The van der Waals surface area contributed by atoms with Crippen LogP contribution in [0.5, 0.6) is 0 Å². The summed E-state index contributed by atoms with van der Waals surface area (Å²) in [5, 5.41) is 21.3. The average molecular weight is 443 g/mol. The summed E-state index contributed by atoms with van der Waals surface area (Å²) in [6.45, 7) is 6.78. The van der Waals surface area contributed by atoms with Crippen molar-refractivity contribution in [1.82, 2.24) is 10.2 Å². The van der Waals surface area contributed by atoms with Crippen LogP contribution >= 0.6 is 23.1 Å². The van der Waals surface area contributed by atoms with Gasteiger partial charge in [0, 0.05) is 4.88 Å². The van der Waals surface area contributed by atoms with Gasteiger partial charge in [-0.3, -0.25) is 4.79 Å². The molecule has 3 aromatic rings. The van der Waals surface area contributed by atoms with E-state index in [0.29, 0.717) is 22.2 Å². The molecule has 0 aromatic carbocycles. The van der Waals surface area contributed by atoms with E-state index in [1.165, 1.54) is 22.5 Å². The first kappa shape index (κ1) is 20.7. The van der Waals surface area contributed by atoms with Crippen molar-refractivity contribution in [3.63, 3.8) is 0 Å². The Kier molecular flexibility index (Phi) is 5.71. The zero-order valence-corrected chi connectivity index (χ0v) is 18.7. The molecule has 3 aromatic heterocycles. The fourth-order valence-electron chi connectivity index (χ4n) is 3.59. The Hall–Kier alpha value is -2.57. The van der Waals surface area contributed by atoms with Crippen molar-refractivity contribution in [1.29, 1.82) is 5.26 Å². The van der Waals surface area contributed by atoms with Gasteiger partial charge in [-0.05, 0) is 48.3 Å². The maximum absolute atomic E-state index is 12.5. The number of nitriles is 1. The summed E-state index contributed by atoms with van der Waals surface area (Å²) in [5.74, 6) is 1.23. The molecule has 30 heavy (non-hydrogen) atoms. The zero-order chi connectivity index (χ0) is 21.3. The summed E-state index contributed by atoms with van der Waals surface area (Å²) in [5.41, 5.74) is 1.94.